The van der Waals surface area contributed by atoms with Crippen molar-refractivity contribution in [3.8, 4) is 0 Å². The molecule has 2 aromatic heterocycles. The van der Waals surface area contributed by atoms with Crippen molar-refractivity contribution in [3.05, 3.63) is 77.6 Å². The Bertz CT molecular complexity index is 1130. The number of methoxy groups -OCH3 is 2. The lowest BCUT2D eigenvalue weighted by Crippen LogP contribution is -2.14. The van der Waals surface area contributed by atoms with E-state index in [-0.39, 0.29) is 12.7 Å². The Morgan fingerprint density at radius 1 is 1.07 bits per heavy atom. The van der Waals surface area contributed by atoms with E-state index in [4.69, 9.17) is 9.47 Å². The van der Waals surface area contributed by atoms with Gasteiger partial charge in [-0.25, -0.2) is 4.79 Å². The Hall–Kier alpha value is -3.18. The highest BCUT2D eigenvalue weighted by Gasteiger charge is 2.23. The number of benzene rings is 2. The third kappa shape index (κ3) is 3.06. The topological polar surface area (TPSA) is 53.4 Å². The molecule has 0 atom stereocenters. The molecule has 0 aliphatic rings. The molecule has 136 valence electrons. The average molecular weight is 360 g/mol. The number of esters is 1. The number of hydrogen-bond acceptors (Lipinski definition) is 4. The van der Waals surface area contributed by atoms with E-state index < -0.39 is 0 Å². The van der Waals surface area contributed by atoms with Crippen molar-refractivity contribution >= 4 is 27.8 Å². The molecule has 0 saturated heterocycles. The van der Waals surface area contributed by atoms with Crippen molar-refractivity contribution in [2.75, 3.05) is 14.2 Å². The molecule has 0 aliphatic carbocycles. The van der Waals surface area contributed by atoms with Crippen LogP contribution in [0.4, 0.5) is 0 Å². The number of nitrogens with zero attached hydrogens (tertiary/aromatic N) is 2. The molecule has 0 bridgehead atoms. The van der Waals surface area contributed by atoms with Gasteiger partial charge >= 0.3 is 5.97 Å². The van der Waals surface area contributed by atoms with Crippen LogP contribution < -0.4 is 0 Å². The molecule has 0 N–H and O–H groups in total. The third-order valence-corrected chi connectivity index (χ3v) is 4.74. The van der Waals surface area contributed by atoms with Crippen molar-refractivity contribution in [2.24, 2.45) is 0 Å². The Kier molecular flexibility index (Phi) is 4.60. The molecule has 0 aliphatic heterocycles. The molecule has 2 aromatic carbocycles. The number of carbonyl (C=O) groups is 1. The van der Waals surface area contributed by atoms with Gasteiger partial charge in [-0.2, -0.15) is 0 Å². The number of aromatic nitrogens is 2. The first kappa shape index (κ1) is 17.2. The summed E-state index contributed by atoms with van der Waals surface area (Å²) in [6, 6.07) is 18.1. The molecule has 4 rings (SSSR count). The molecule has 0 radical (unpaired) electrons. The van der Waals surface area contributed by atoms with Crippen molar-refractivity contribution in [2.45, 2.75) is 13.2 Å². The summed E-state index contributed by atoms with van der Waals surface area (Å²) in [5.74, 6) is -0.369. The number of fused-ring (bicyclic) bond motifs is 2. The minimum atomic E-state index is -0.369. The molecule has 0 unspecified atom stereocenters. The standard InChI is InChI=1S/C22H20N2O3/c1-26-14-24-20-10-6-4-8-17(20)18(21(24)22(25)27-2)12-15-11-16-7-3-5-9-19(16)23-13-15/h3-11,13H,12,14H2,1-2H3. The first-order valence-electron chi connectivity index (χ1n) is 8.74. The Labute approximate surface area is 157 Å². The summed E-state index contributed by atoms with van der Waals surface area (Å²) in [7, 11) is 3.02. The fraction of sp³-hybridized carbons (Fsp3) is 0.182. The summed E-state index contributed by atoms with van der Waals surface area (Å²) in [6.45, 7) is 0.279. The highest BCUT2D eigenvalue weighted by Crippen LogP contribution is 2.29. The zero-order valence-corrected chi connectivity index (χ0v) is 15.3. The van der Waals surface area contributed by atoms with Gasteiger partial charge in [-0.1, -0.05) is 36.4 Å². The van der Waals surface area contributed by atoms with Crippen LogP contribution in [0, 0.1) is 0 Å². The highest BCUT2D eigenvalue weighted by atomic mass is 16.5. The molecule has 0 amide bonds. The van der Waals surface area contributed by atoms with Crippen molar-refractivity contribution < 1.29 is 14.3 Å². The number of rotatable bonds is 5. The normalized spacial score (nSPS) is 11.2. The van der Waals surface area contributed by atoms with Crippen LogP contribution in [0.5, 0.6) is 0 Å². The zero-order chi connectivity index (χ0) is 18.8. The van der Waals surface area contributed by atoms with Crippen LogP contribution in [0.25, 0.3) is 21.8 Å². The van der Waals surface area contributed by atoms with Crippen LogP contribution >= 0.6 is 0 Å². The number of para-hydroxylation sites is 2. The monoisotopic (exact) mass is 360 g/mol. The second-order valence-corrected chi connectivity index (χ2v) is 6.39. The Balaban J connectivity index is 1.89. The average Bonchev–Trinajstić information content (AvgIpc) is 3.01. The molecule has 5 nitrogen and oxygen atoms in total. The summed E-state index contributed by atoms with van der Waals surface area (Å²) < 4.78 is 12.3. The van der Waals surface area contributed by atoms with Gasteiger partial charge in [0.15, 0.2) is 0 Å². The maximum atomic E-state index is 12.6. The second-order valence-electron chi connectivity index (χ2n) is 6.39. The van der Waals surface area contributed by atoms with Crippen molar-refractivity contribution in [1.29, 1.82) is 0 Å². The number of ether oxygens (including phenoxy) is 2. The first-order valence-corrected chi connectivity index (χ1v) is 8.74. The van der Waals surface area contributed by atoms with Crippen LogP contribution in [0.2, 0.25) is 0 Å². The van der Waals surface area contributed by atoms with Crippen LogP contribution in [0.15, 0.2) is 60.8 Å². The fourth-order valence-corrected chi connectivity index (χ4v) is 3.56. The van der Waals surface area contributed by atoms with Gasteiger partial charge in [0.05, 0.1) is 18.1 Å². The Morgan fingerprint density at radius 2 is 1.85 bits per heavy atom. The largest absolute Gasteiger partial charge is 0.464 e. The quantitative estimate of drug-likeness (QED) is 0.501. The van der Waals surface area contributed by atoms with Crippen LogP contribution in [0.3, 0.4) is 0 Å². The van der Waals surface area contributed by atoms with Gasteiger partial charge in [-0.15, -0.1) is 0 Å². The van der Waals surface area contributed by atoms with E-state index in [0.29, 0.717) is 12.1 Å². The van der Waals surface area contributed by atoms with Gasteiger partial charge < -0.3 is 14.0 Å². The van der Waals surface area contributed by atoms with Gasteiger partial charge in [0.25, 0.3) is 0 Å². The molecular formula is C22H20N2O3. The smallest absolute Gasteiger partial charge is 0.355 e. The number of hydrogen-bond donors (Lipinski definition) is 0. The van der Waals surface area contributed by atoms with Gasteiger partial charge in [0.1, 0.15) is 12.4 Å². The second kappa shape index (κ2) is 7.21. The maximum Gasteiger partial charge on any atom is 0.355 e. The van der Waals surface area contributed by atoms with Gasteiger partial charge in [-0.3, -0.25) is 4.98 Å². The Morgan fingerprint density at radius 3 is 2.67 bits per heavy atom. The van der Waals surface area contributed by atoms with Gasteiger partial charge in [0, 0.05) is 30.5 Å². The summed E-state index contributed by atoms with van der Waals surface area (Å²) >= 11 is 0. The van der Waals surface area contributed by atoms with Crippen LogP contribution in [-0.2, 0) is 22.6 Å². The fourth-order valence-electron chi connectivity index (χ4n) is 3.56. The van der Waals surface area contributed by atoms with E-state index in [1.165, 1.54) is 7.11 Å². The predicted molar refractivity (Wildman–Crippen MR) is 105 cm³/mol. The molecule has 0 fully saturated rings. The van der Waals surface area contributed by atoms with Gasteiger partial charge in [-0.05, 0) is 29.3 Å². The predicted octanol–water partition coefficient (Wildman–Crippen LogP) is 4.17. The molecule has 27 heavy (non-hydrogen) atoms. The SMILES string of the molecule is COCn1c(C(=O)OC)c(Cc2cnc3ccccc3c2)c2ccccc21. The molecular weight excluding hydrogens is 340 g/mol. The van der Waals surface area contributed by atoms with E-state index in [1.807, 2.05) is 59.3 Å². The molecule has 4 aromatic rings. The zero-order valence-electron chi connectivity index (χ0n) is 15.3. The van der Waals surface area contributed by atoms with Crippen LogP contribution in [0.1, 0.15) is 21.6 Å². The van der Waals surface area contributed by atoms with E-state index in [1.54, 1.807) is 7.11 Å². The van der Waals surface area contributed by atoms with Crippen molar-refractivity contribution in [1.82, 2.24) is 9.55 Å². The van der Waals surface area contributed by atoms with E-state index in [0.717, 1.165) is 32.9 Å². The van der Waals surface area contributed by atoms with E-state index in [2.05, 4.69) is 11.1 Å². The number of pyridine rings is 1. The molecule has 0 spiro atoms. The van der Waals surface area contributed by atoms with Gasteiger partial charge in [0.2, 0.25) is 0 Å². The summed E-state index contributed by atoms with van der Waals surface area (Å²) in [6.07, 6.45) is 2.45. The lowest BCUT2D eigenvalue weighted by Gasteiger charge is -2.10. The molecule has 2 heterocycles. The highest BCUT2D eigenvalue weighted by molar-refractivity contribution is 5.99. The first-order chi connectivity index (χ1) is 13.2. The van der Waals surface area contributed by atoms with Crippen LogP contribution in [-0.4, -0.2) is 29.7 Å². The third-order valence-electron chi connectivity index (χ3n) is 4.74. The number of carbonyl (C=O) groups excluding carboxylic acids is 1. The summed E-state index contributed by atoms with van der Waals surface area (Å²) in [5, 5.41) is 2.10. The van der Waals surface area contributed by atoms with E-state index in [9.17, 15) is 4.79 Å². The molecule has 0 saturated carbocycles. The maximum absolute atomic E-state index is 12.6. The lowest BCUT2D eigenvalue weighted by atomic mass is 10.0. The van der Waals surface area contributed by atoms with Crippen molar-refractivity contribution in [3.63, 3.8) is 0 Å². The van der Waals surface area contributed by atoms with E-state index >= 15 is 0 Å². The summed E-state index contributed by atoms with van der Waals surface area (Å²) in [4.78, 5) is 17.1. The molecule has 5 heteroatoms. The minimum absolute atomic E-state index is 0.279. The lowest BCUT2D eigenvalue weighted by molar-refractivity contribution is 0.0568. The summed E-state index contributed by atoms with van der Waals surface area (Å²) in [5.41, 5.74) is 4.39. The minimum Gasteiger partial charge on any atom is -0.464 e.